The standard InChI is InChI=1S/C8H15NO2/c1-3-7(6(2)10)4-5-8(9)11/h7H,3-5H2,1-2H3,(H2,9,11). The summed E-state index contributed by atoms with van der Waals surface area (Å²) in [6.07, 6.45) is 1.71. The molecule has 1 unspecified atom stereocenters. The SMILES string of the molecule is CCC(CCC(N)=O)C(C)=O. The molecule has 1 amide bonds. The van der Waals surface area contributed by atoms with Crippen molar-refractivity contribution in [1.29, 1.82) is 0 Å². The van der Waals surface area contributed by atoms with Gasteiger partial charge in [0.15, 0.2) is 0 Å². The molecule has 0 radical (unpaired) electrons. The molecule has 64 valence electrons. The maximum atomic E-state index is 10.8. The smallest absolute Gasteiger partial charge is 0.217 e. The van der Waals surface area contributed by atoms with Crippen molar-refractivity contribution in [1.82, 2.24) is 0 Å². The van der Waals surface area contributed by atoms with Gasteiger partial charge in [-0.1, -0.05) is 6.92 Å². The molecule has 11 heavy (non-hydrogen) atoms. The van der Waals surface area contributed by atoms with Gasteiger partial charge in [-0.25, -0.2) is 0 Å². The quantitative estimate of drug-likeness (QED) is 0.643. The van der Waals surface area contributed by atoms with Gasteiger partial charge < -0.3 is 5.73 Å². The van der Waals surface area contributed by atoms with E-state index < -0.39 is 0 Å². The third-order valence-electron chi connectivity index (χ3n) is 1.81. The Kier molecular flexibility index (Phi) is 4.50. The summed E-state index contributed by atoms with van der Waals surface area (Å²) in [5, 5.41) is 0. The Labute approximate surface area is 67.0 Å². The van der Waals surface area contributed by atoms with E-state index in [2.05, 4.69) is 0 Å². The van der Waals surface area contributed by atoms with Crippen LogP contribution in [0.5, 0.6) is 0 Å². The van der Waals surface area contributed by atoms with Crippen LogP contribution in [0, 0.1) is 5.92 Å². The van der Waals surface area contributed by atoms with Crippen LogP contribution >= 0.6 is 0 Å². The average molecular weight is 157 g/mol. The van der Waals surface area contributed by atoms with Crippen LogP contribution in [-0.2, 0) is 9.59 Å². The highest BCUT2D eigenvalue weighted by molar-refractivity contribution is 5.79. The number of carbonyl (C=O) groups is 2. The number of hydrogen-bond donors (Lipinski definition) is 1. The van der Waals surface area contributed by atoms with Crippen molar-refractivity contribution in [2.75, 3.05) is 0 Å². The van der Waals surface area contributed by atoms with Crippen LogP contribution in [0.3, 0.4) is 0 Å². The van der Waals surface area contributed by atoms with Crippen molar-refractivity contribution in [3.8, 4) is 0 Å². The molecule has 0 spiro atoms. The first-order valence-corrected chi connectivity index (χ1v) is 3.86. The molecule has 2 N–H and O–H groups in total. The summed E-state index contributed by atoms with van der Waals surface area (Å²) in [5.74, 6) is -0.166. The first kappa shape index (κ1) is 10.1. The number of Topliss-reactive ketones (excluding diaryl/α,β-unsaturated/α-hetero) is 1. The monoisotopic (exact) mass is 157 g/mol. The Balaban J connectivity index is 3.70. The molecular formula is C8H15NO2. The Hall–Kier alpha value is -0.860. The van der Waals surface area contributed by atoms with Gasteiger partial charge in [0.25, 0.3) is 0 Å². The van der Waals surface area contributed by atoms with Crippen LogP contribution in [0.15, 0.2) is 0 Å². The van der Waals surface area contributed by atoms with Crippen LogP contribution < -0.4 is 5.73 Å². The normalized spacial score (nSPS) is 12.5. The fourth-order valence-corrected chi connectivity index (χ4v) is 1.01. The molecule has 0 fully saturated rings. The van der Waals surface area contributed by atoms with Crippen molar-refractivity contribution in [2.24, 2.45) is 11.7 Å². The lowest BCUT2D eigenvalue weighted by atomic mass is 9.96. The van der Waals surface area contributed by atoms with Gasteiger partial charge in [0.1, 0.15) is 5.78 Å². The molecule has 0 aliphatic carbocycles. The zero-order chi connectivity index (χ0) is 8.85. The highest BCUT2D eigenvalue weighted by Gasteiger charge is 2.11. The number of carbonyl (C=O) groups excluding carboxylic acids is 2. The van der Waals surface area contributed by atoms with Gasteiger partial charge >= 0.3 is 0 Å². The lowest BCUT2D eigenvalue weighted by Gasteiger charge is -2.08. The number of nitrogens with two attached hydrogens (primary N) is 1. The maximum absolute atomic E-state index is 10.8. The Morgan fingerprint density at radius 3 is 2.27 bits per heavy atom. The van der Waals surface area contributed by atoms with Crippen LogP contribution in [0.4, 0.5) is 0 Å². The van der Waals surface area contributed by atoms with Crippen LogP contribution in [-0.4, -0.2) is 11.7 Å². The summed E-state index contributed by atoms with van der Waals surface area (Å²) in [4.78, 5) is 21.2. The number of primary amides is 1. The second-order valence-corrected chi connectivity index (χ2v) is 2.72. The van der Waals surface area contributed by atoms with Crippen LogP contribution in [0.25, 0.3) is 0 Å². The molecule has 3 nitrogen and oxygen atoms in total. The average Bonchev–Trinajstić information content (AvgIpc) is 1.87. The molecule has 0 aromatic heterocycles. The van der Waals surface area contributed by atoms with Gasteiger partial charge in [-0.2, -0.15) is 0 Å². The minimum Gasteiger partial charge on any atom is -0.370 e. The highest BCUT2D eigenvalue weighted by Crippen LogP contribution is 2.11. The molecule has 0 aliphatic rings. The topological polar surface area (TPSA) is 60.2 Å². The summed E-state index contributed by atoms with van der Waals surface area (Å²) in [5.41, 5.74) is 4.95. The van der Waals surface area contributed by atoms with E-state index in [1.165, 1.54) is 0 Å². The third kappa shape index (κ3) is 4.53. The first-order chi connectivity index (χ1) is 5.07. The van der Waals surface area contributed by atoms with Gasteiger partial charge in [-0.3, -0.25) is 9.59 Å². The summed E-state index contributed by atoms with van der Waals surface area (Å²) < 4.78 is 0. The summed E-state index contributed by atoms with van der Waals surface area (Å²) in [7, 11) is 0. The fraction of sp³-hybridized carbons (Fsp3) is 0.750. The van der Waals surface area contributed by atoms with Gasteiger partial charge in [0, 0.05) is 12.3 Å². The molecule has 3 heteroatoms. The fourth-order valence-electron chi connectivity index (χ4n) is 1.01. The number of amides is 1. The zero-order valence-corrected chi connectivity index (χ0v) is 7.09. The molecule has 0 saturated carbocycles. The minimum atomic E-state index is -0.329. The molecule has 0 aliphatic heterocycles. The van der Waals surface area contributed by atoms with E-state index in [1.807, 2.05) is 6.92 Å². The lowest BCUT2D eigenvalue weighted by molar-refractivity contribution is -0.121. The largest absolute Gasteiger partial charge is 0.370 e. The molecule has 0 heterocycles. The number of ketones is 1. The van der Waals surface area contributed by atoms with Gasteiger partial charge in [-0.15, -0.1) is 0 Å². The molecule has 0 bridgehead atoms. The molecule has 0 rings (SSSR count). The van der Waals surface area contributed by atoms with E-state index in [1.54, 1.807) is 6.92 Å². The summed E-state index contributed by atoms with van der Waals surface area (Å²) in [6, 6.07) is 0. The Morgan fingerprint density at radius 1 is 1.45 bits per heavy atom. The second-order valence-electron chi connectivity index (χ2n) is 2.72. The highest BCUT2D eigenvalue weighted by atomic mass is 16.1. The Morgan fingerprint density at radius 2 is 2.00 bits per heavy atom. The second kappa shape index (κ2) is 4.88. The van der Waals surface area contributed by atoms with E-state index in [9.17, 15) is 9.59 Å². The van der Waals surface area contributed by atoms with E-state index in [0.717, 1.165) is 6.42 Å². The predicted octanol–water partition coefficient (Wildman–Crippen LogP) is 0.867. The van der Waals surface area contributed by atoms with Crippen molar-refractivity contribution in [3.05, 3.63) is 0 Å². The van der Waals surface area contributed by atoms with E-state index in [-0.39, 0.29) is 17.6 Å². The zero-order valence-electron chi connectivity index (χ0n) is 7.09. The molecule has 0 aromatic carbocycles. The van der Waals surface area contributed by atoms with Crippen LogP contribution in [0.1, 0.15) is 33.1 Å². The summed E-state index contributed by atoms with van der Waals surface area (Å²) in [6.45, 7) is 3.49. The molecule has 0 aromatic rings. The first-order valence-electron chi connectivity index (χ1n) is 3.86. The number of rotatable bonds is 5. The Bertz CT molecular complexity index is 154. The van der Waals surface area contributed by atoms with Crippen molar-refractivity contribution < 1.29 is 9.59 Å². The van der Waals surface area contributed by atoms with Gasteiger partial charge in [0.05, 0.1) is 0 Å². The van der Waals surface area contributed by atoms with Crippen molar-refractivity contribution in [2.45, 2.75) is 33.1 Å². The van der Waals surface area contributed by atoms with Crippen LogP contribution in [0.2, 0.25) is 0 Å². The predicted molar refractivity (Wildman–Crippen MR) is 42.9 cm³/mol. The van der Waals surface area contributed by atoms with Gasteiger partial charge in [0.2, 0.25) is 5.91 Å². The van der Waals surface area contributed by atoms with E-state index in [0.29, 0.717) is 12.8 Å². The summed E-state index contributed by atoms with van der Waals surface area (Å²) >= 11 is 0. The molecular weight excluding hydrogens is 142 g/mol. The molecule has 1 atom stereocenters. The van der Waals surface area contributed by atoms with E-state index >= 15 is 0 Å². The molecule has 0 saturated heterocycles. The van der Waals surface area contributed by atoms with Crippen molar-refractivity contribution in [3.63, 3.8) is 0 Å². The van der Waals surface area contributed by atoms with Gasteiger partial charge in [-0.05, 0) is 19.8 Å². The van der Waals surface area contributed by atoms with E-state index in [4.69, 9.17) is 5.73 Å². The maximum Gasteiger partial charge on any atom is 0.217 e. The third-order valence-corrected chi connectivity index (χ3v) is 1.81. The lowest BCUT2D eigenvalue weighted by Crippen LogP contribution is -2.16. The number of hydrogen-bond acceptors (Lipinski definition) is 2. The van der Waals surface area contributed by atoms with Crippen molar-refractivity contribution >= 4 is 11.7 Å². The minimum absolute atomic E-state index is 0.0162.